The lowest BCUT2D eigenvalue weighted by molar-refractivity contribution is 0.445. The first kappa shape index (κ1) is 12.0. The zero-order valence-electron chi connectivity index (χ0n) is 8.95. The van der Waals surface area contributed by atoms with Crippen LogP contribution in [0.4, 0.5) is 0 Å². The van der Waals surface area contributed by atoms with E-state index >= 15 is 0 Å². The van der Waals surface area contributed by atoms with E-state index in [4.69, 9.17) is 27.9 Å². The van der Waals surface area contributed by atoms with Crippen LogP contribution in [0.5, 0.6) is 17.4 Å². The molecule has 0 saturated carbocycles. The van der Waals surface area contributed by atoms with Crippen molar-refractivity contribution in [2.75, 3.05) is 0 Å². The van der Waals surface area contributed by atoms with Gasteiger partial charge in [-0.15, -0.1) is 0 Å². The predicted molar refractivity (Wildman–Crippen MR) is 67.2 cm³/mol. The molecular formula is C12H9Cl2NO2. The highest BCUT2D eigenvalue weighted by Crippen LogP contribution is 2.31. The number of aromatic nitrogens is 1. The van der Waals surface area contributed by atoms with E-state index < -0.39 is 0 Å². The molecule has 0 unspecified atom stereocenters. The van der Waals surface area contributed by atoms with Crippen molar-refractivity contribution in [1.82, 2.24) is 4.98 Å². The van der Waals surface area contributed by atoms with Gasteiger partial charge in [0.15, 0.2) is 0 Å². The van der Waals surface area contributed by atoms with Crippen LogP contribution in [0.15, 0.2) is 30.5 Å². The molecule has 1 N–H and O–H groups in total. The second-order valence-electron chi connectivity index (χ2n) is 3.55. The van der Waals surface area contributed by atoms with E-state index in [2.05, 4.69) is 4.98 Å². The van der Waals surface area contributed by atoms with E-state index in [1.807, 2.05) is 6.92 Å². The van der Waals surface area contributed by atoms with Crippen LogP contribution in [0.25, 0.3) is 0 Å². The lowest BCUT2D eigenvalue weighted by Crippen LogP contribution is -1.89. The van der Waals surface area contributed by atoms with Gasteiger partial charge in [-0.2, -0.15) is 0 Å². The number of aryl methyl sites for hydroxylation is 1. The number of phenols is 1. The van der Waals surface area contributed by atoms with Crippen molar-refractivity contribution in [3.63, 3.8) is 0 Å². The van der Waals surface area contributed by atoms with Gasteiger partial charge in [0.25, 0.3) is 0 Å². The van der Waals surface area contributed by atoms with Crippen molar-refractivity contribution in [2.24, 2.45) is 0 Å². The van der Waals surface area contributed by atoms with Crippen LogP contribution in [-0.2, 0) is 0 Å². The Kier molecular flexibility index (Phi) is 3.41. The summed E-state index contributed by atoms with van der Waals surface area (Å²) in [5.41, 5.74) is 0.880. The molecule has 0 atom stereocenters. The topological polar surface area (TPSA) is 42.4 Å². The summed E-state index contributed by atoms with van der Waals surface area (Å²) >= 11 is 11.7. The standard InChI is InChI=1S/C12H9Cl2NO2/c1-7-2-9(16)5-10(3-7)17-12-11(14)4-8(13)6-15-12/h2-6,16H,1H3. The van der Waals surface area contributed by atoms with Crippen LogP contribution < -0.4 is 4.74 Å². The zero-order chi connectivity index (χ0) is 12.4. The first-order valence-electron chi connectivity index (χ1n) is 4.84. The Labute approximate surface area is 109 Å². The highest BCUT2D eigenvalue weighted by atomic mass is 35.5. The molecule has 1 heterocycles. The molecule has 2 rings (SSSR count). The lowest BCUT2D eigenvalue weighted by atomic mass is 10.2. The van der Waals surface area contributed by atoms with Crippen LogP contribution in [0.2, 0.25) is 10.0 Å². The molecule has 88 valence electrons. The Bertz CT molecular complexity index is 538. The monoisotopic (exact) mass is 269 g/mol. The highest BCUT2D eigenvalue weighted by molar-refractivity contribution is 6.35. The molecule has 0 amide bonds. The molecule has 0 spiro atoms. The maximum atomic E-state index is 9.43. The van der Waals surface area contributed by atoms with Gasteiger partial charge >= 0.3 is 0 Å². The first-order chi connectivity index (χ1) is 8.04. The van der Waals surface area contributed by atoms with E-state index in [1.165, 1.54) is 12.3 Å². The van der Waals surface area contributed by atoms with Crippen molar-refractivity contribution in [3.8, 4) is 17.4 Å². The van der Waals surface area contributed by atoms with Gasteiger partial charge in [0.2, 0.25) is 5.88 Å². The summed E-state index contributed by atoms with van der Waals surface area (Å²) in [4.78, 5) is 3.96. The molecular weight excluding hydrogens is 261 g/mol. The van der Waals surface area contributed by atoms with Crippen LogP contribution in [0.1, 0.15) is 5.56 Å². The van der Waals surface area contributed by atoms with Gasteiger partial charge in [-0.05, 0) is 30.7 Å². The van der Waals surface area contributed by atoms with Crippen molar-refractivity contribution in [2.45, 2.75) is 6.92 Å². The average Bonchev–Trinajstić information content (AvgIpc) is 2.21. The Hall–Kier alpha value is -1.45. The molecule has 0 fully saturated rings. The molecule has 1 aromatic carbocycles. The largest absolute Gasteiger partial charge is 0.508 e. The first-order valence-corrected chi connectivity index (χ1v) is 5.60. The number of hydrogen-bond acceptors (Lipinski definition) is 3. The molecule has 3 nitrogen and oxygen atoms in total. The van der Waals surface area contributed by atoms with Gasteiger partial charge in [0, 0.05) is 12.3 Å². The third-order valence-electron chi connectivity index (χ3n) is 2.02. The van der Waals surface area contributed by atoms with Gasteiger partial charge < -0.3 is 9.84 Å². The summed E-state index contributed by atoms with van der Waals surface area (Å²) in [6.07, 6.45) is 1.44. The van der Waals surface area contributed by atoms with E-state index in [9.17, 15) is 5.11 Å². The van der Waals surface area contributed by atoms with Crippen molar-refractivity contribution in [3.05, 3.63) is 46.1 Å². The molecule has 0 bridgehead atoms. The van der Waals surface area contributed by atoms with E-state index in [0.717, 1.165) is 5.56 Å². The Morgan fingerprint density at radius 1 is 1.18 bits per heavy atom. The third kappa shape index (κ3) is 3.02. The summed E-state index contributed by atoms with van der Waals surface area (Å²) in [6.45, 7) is 1.85. The minimum Gasteiger partial charge on any atom is -0.508 e. The SMILES string of the molecule is Cc1cc(O)cc(Oc2ncc(Cl)cc2Cl)c1. The molecule has 5 heteroatoms. The number of nitrogens with zero attached hydrogens (tertiary/aromatic N) is 1. The van der Waals surface area contributed by atoms with Crippen LogP contribution in [-0.4, -0.2) is 10.1 Å². The number of rotatable bonds is 2. The van der Waals surface area contributed by atoms with Gasteiger partial charge in [0.05, 0.1) is 5.02 Å². The van der Waals surface area contributed by atoms with Crippen LogP contribution in [0.3, 0.4) is 0 Å². The maximum absolute atomic E-state index is 9.43. The number of ether oxygens (including phenoxy) is 1. The number of hydrogen-bond donors (Lipinski definition) is 1. The molecule has 0 aliphatic heterocycles. The molecule has 0 saturated heterocycles. The van der Waals surface area contributed by atoms with E-state index in [0.29, 0.717) is 15.8 Å². The molecule has 17 heavy (non-hydrogen) atoms. The summed E-state index contributed by atoms with van der Waals surface area (Å²) < 4.78 is 5.46. The van der Waals surface area contributed by atoms with Crippen molar-refractivity contribution in [1.29, 1.82) is 0 Å². The van der Waals surface area contributed by atoms with Gasteiger partial charge in [0.1, 0.15) is 16.5 Å². The Morgan fingerprint density at radius 2 is 1.94 bits per heavy atom. The molecule has 2 aromatic rings. The van der Waals surface area contributed by atoms with Gasteiger partial charge in [-0.1, -0.05) is 23.2 Å². The maximum Gasteiger partial charge on any atom is 0.238 e. The minimum absolute atomic E-state index is 0.130. The number of aromatic hydroxyl groups is 1. The Morgan fingerprint density at radius 3 is 2.59 bits per heavy atom. The summed E-state index contributed by atoms with van der Waals surface area (Å²) in [7, 11) is 0. The fraction of sp³-hybridized carbons (Fsp3) is 0.0833. The highest BCUT2D eigenvalue weighted by Gasteiger charge is 2.06. The zero-order valence-corrected chi connectivity index (χ0v) is 10.5. The summed E-state index contributed by atoms with van der Waals surface area (Å²) in [6, 6.07) is 6.43. The summed E-state index contributed by atoms with van der Waals surface area (Å²) in [5, 5.41) is 10.2. The number of phenolic OH excluding ortho intramolecular Hbond substituents is 1. The number of halogens is 2. The summed E-state index contributed by atoms with van der Waals surface area (Å²) in [5.74, 6) is 0.852. The normalized spacial score (nSPS) is 10.3. The van der Waals surface area contributed by atoms with Crippen LogP contribution in [0, 0.1) is 6.92 Å². The average molecular weight is 270 g/mol. The van der Waals surface area contributed by atoms with Gasteiger partial charge in [-0.25, -0.2) is 4.98 Å². The fourth-order valence-corrected chi connectivity index (χ4v) is 1.79. The van der Waals surface area contributed by atoms with Gasteiger partial charge in [-0.3, -0.25) is 0 Å². The molecule has 0 aliphatic carbocycles. The predicted octanol–water partition coefficient (Wildman–Crippen LogP) is 4.19. The second-order valence-corrected chi connectivity index (χ2v) is 4.39. The van der Waals surface area contributed by atoms with Crippen molar-refractivity contribution < 1.29 is 9.84 Å². The lowest BCUT2D eigenvalue weighted by Gasteiger charge is -2.07. The van der Waals surface area contributed by atoms with E-state index in [-0.39, 0.29) is 11.6 Å². The van der Waals surface area contributed by atoms with E-state index in [1.54, 1.807) is 18.2 Å². The third-order valence-corrected chi connectivity index (χ3v) is 2.50. The fourth-order valence-electron chi connectivity index (χ4n) is 1.38. The number of pyridine rings is 1. The molecule has 0 radical (unpaired) electrons. The van der Waals surface area contributed by atoms with Crippen molar-refractivity contribution >= 4 is 23.2 Å². The smallest absolute Gasteiger partial charge is 0.238 e. The number of benzene rings is 1. The quantitative estimate of drug-likeness (QED) is 0.889. The second kappa shape index (κ2) is 4.82. The molecule has 0 aliphatic rings. The minimum atomic E-state index is 0.130. The Balaban J connectivity index is 2.31. The molecule has 1 aromatic heterocycles. The van der Waals surface area contributed by atoms with Crippen LogP contribution >= 0.6 is 23.2 Å².